The fraction of sp³-hybridized carbons (Fsp3) is 0.478. The van der Waals surface area contributed by atoms with Gasteiger partial charge in [-0.2, -0.15) is 0 Å². The first-order valence-electron chi connectivity index (χ1n) is 10.7. The molecule has 0 bridgehead atoms. The Morgan fingerprint density at radius 2 is 1.87 bits per heavy atom. The van der Waals surface area contributed by atoms with Gasteiger partial charge in [-0.3, -0.25) is 14.5 Å². The Morgan fingerprint density at radius 3 is 2.57 bits per heavy atom. The van der Waals surface area contributed by atoms with E-state index in [2.05, 4.69) is 27.7 Å². The van der Waals surface area contributed by atoms with Crippen molar-refractivity contribution < 1.29 is 14.3 Å². The minimum absolute atomic E-state index is 0.0632. The van der Waals surface area contributed by atoms with Crippen LogP contribution in [0.2, 0.25) is 0 Å². The maximum absolute atomic E-state index is 13.4. The maximum atomic E-state index is 13.4. The van der Waals surface area contributed by atoms with Crippen molar-refractivity contribution in [2.75, 3.05) is 39.4 Å². The predicted octanol–water partition coefficient (Wildman–Crippen LogP) is 2.99. The Kier molecular flexibility index (Phi) is 7.15. The van der Waals surface area contributed by atoms with E-state index in [1.807, 2.05) is 30.3 Å². The summed E-state index contributed by atoms with van der Waals surface area (Å²) in [6.45, 7) is 4.28. The molecule has 2 atom stereocenters. The van der Waals surface area contributed by atoms with Gasteiger partial charge in [-0.05, 0) is 29.9 Å². The molecule has 7 heteroatoms. The number of hydrogen-bond acceptors (Lipinski definition) is 5. The molecule has 2 unspecified atom stereocenters. The van der Waals surface area contributed by atoms with Gasteiger partial charge >= 0.3 is 0 Å². The minimum atomic E-state index is -0.576. The first-order valence-corrected chi connectivity index (χ1v) is 11.6. The first-order chi connectivity index (χ1) is 14.7. The summed E-state index contributed by atoms with van der Waals surface area (Å²) in [5.74, 6) is -0.0421. The lowest BCUT2D eigenvalue weighted by molar-refractivity contribution is -0.142. The molecule has 1 aromatic carbocycles. The smallest absolute Gasteiger partial charge is 0.247 e. The van der Waals surface area contributed by atoms with Gasteiger partial charge in [0.25, 0.3) is 0 Å². The summed E-state index contributed by atoms with van der Waals surface area (Å²) >= 11 is 1.71. The van der Waals surface area contributed by atoms with Gasteiger partial charge in [-0.15, -0.1) is 11.3 Å². The number of piperidine rings is 1. The number of amides is 2. The fourth-order valence-electron chi connectivity index (χ4n) is 4.28. The average molecular weight is 428 g/mol. The Labute approximate surface area is 181 Å². The molecule has 0 aliphatic carbocycles. The first kappa shape index (κ1) is 21.0. The quantitative estimate of drug-likeness (QED) is 0.738. The number of thiophene rings is 1. The highest BCUT2D eigenvalue weighted by molar-refractivity contribution is 7.10. The van der Waals surface area contributed by atoms with Crippen LogP contribution in [0.15, 0.2) is 47.8 Å². The molecule has 0 saturated carbocycles. The summed E-state index contributed by atoms with van der Waals surface area (Å²) in [5.41, 5.74) is 0.865. The average Bonchev–Trinajstić information content (AvgIpc) is 3.32. The molecule has 2 aromatic rings. The van der Waals surface area contributed by atoms with Crippen LogP contribution in [0, 0.1) is 0 Å². The third-order valence-electron chi connectivity index (χ3n) is 5.86. The topological polar surface area (TPSA) is 61.9 Å². The van der Waals surface area contributed by atoms with Gasteiger partial charge < -0.3 is 15.0 Å². The van der Waals surface area contributed by atoms with Gasteiger partial charge in [-0.1, -0.05) is 36.4 Å². The summed E-state index contributed by atoms with van der Waals surface area (Å²) in [6, 6.07) is 13.4. The number of morpholine rings is 1. The fourth-order valence-corrected chi connectivity index (χ4v) is 5.14. The Morgan fingerprint density at radius 1 is 1.07 bits per heavy atom. The summed E-state index contributed by atoms with van der Waals surface area (Å²) < 4.78 is 5.51. The molecule has 30 heavy (non-hydrogen) atoms. The lowest BCUT2D eigenvalue weighted by atomic mass is 10.0. The molecule has 0 radical (unpaired) electrons. The summed E-state index contributed by atoms with van der Waals surface area (Å²) in [4.78, 5) is 31.4. The van der Waals surface area contributed by atoms with Gasteiger partial charge in [0.05, 0.1) is 19.3 Å². The molecule has 2 aliphatic heterocycles. The van der Waals surface area contributed by atoms with Crippen molar-refractivity contribution in [3.05, 3.63) is 58.3 Å². The van der Waals surface area contributed by atoms with E-state index in [0.717, 1.165) is 31.5 Å². The van der Waals surface area contributed by atoms with Crippen molar-refractivity contribution >= 4 is 23.2 Å². The molecule has 2 saturated heterocycles. The van der Waals surface area contributed by atoms with Gasteiger partial charge in [0.1, 0.15) is 6.04 Å². The molecule has 6 nitrogen and oxygen atoms in total. The standard InChI is InChI=1S/C23H29N3O3S/c27-21-10-4-5-11-26(21)22(18-7-2-1-3-8-18)23(28)24-17-19(20-9-6-16-30-20)25-12-14-29-15-13-25/h1-3,6-9,16,19,22H,4-5,10-15,17H2,(H,24,28). The molecular weight excluding hydrogens is 398 g/mol. The van der Waals surface area contributed by atoms with Crippen molar-refractivity contribution in [2.45, 2.75) is 31.3 Å². The number of hydrogen-bond donors (Lipinski definition) is 1. The lowest BCUT2D eigenvalue weighted by Gasteiger charge is -2.36. The van der Waals surface area contributed by atoms with Crippen LogP contribution < -0.4 is 5.32 Å². The number of carbonyl (C=O) groups is 2. The third-order valence-corrected chi connectivity index (χ3v) is 6.84. The van der Waals surface area contributed by atoms with Crippen molar-refractivity contribution in [3.8, 4) is 0 Å². The monoisotopic (exact) mass is 427 g/mol. The van der Waals surface area contributed by atoms with Crippen molar-refractivity contribution in [2.24, 2.45) is 0 Å². The Bertz CT molecular complexity index is 821. The SMILES string of the molecule is O=C(NCC(c1cccs1)N1CCOCC1)C(c1ccccc1)N1CCCCC1=O. The Hall–Kier alpha value is -2.22. The zero-order valence-electron chi connectivity index (χ0n) is 17.2. The number of carbonyl (C=O) groups excluding carboxylic acids is 2. The highest BCUT2D eigenvalue weighted by atomic mass is 32.1. The molecule has 2 amide bonds. The number of nitrogens with zero attached hydrogens (tertiary/aromatic N) is 2. The zero-order chi connectivity index (χ0) is 20.8. The van der Waals surface area contributed by atoms with E-state index in [1.54, 1.807) is 16.2 Å². The van der Waals surface area contributed by atoms with Crippen LogP contribution in [-0.2, 0) is 14.3 Å². The van der Waals surface area contributed by atoms with Gasteiger partial charge in [-0.25, -0.2) is 0 Å². The van der Waals surface area contributed by atoms with E-state index < -0.39 is 6.04 Å². The van der Waals surface area contributed by atoms with Gasteiger partial charge in [0, 0.05) is 37.5 Å². The summed E-state index contributed by atoms with van der Waals surface area (Å²) in [7, 11) is 0. The molecular formula is C23H29N3O3S. The van der Waals surface area contributed by atoms with Crippen LogP contribution >= 0.6 is 11.3 Å². The van der Waals surface area contributed by atoms with E-state index in [0.29, 0.717) is 32.7 Å². The zero-order valence-corrected chi connectivity index (χ0v) is 18.0. The summed E-state index contributed by atoms with van der Waals surface area (Å²) in [5, 5.41) is 5.25. The second-order valence-electron chi connectivity index (χ2n) is 7.78. The normalized spacial score (nSPS) is 20.0. The lowest BCUT2D eigenvalue weighted by Crippen LogP contribution is -2.48. The number of ether oxygens (including phenoxy) is 1. The highest BCUT2D eigenvalue weighted by Crippen LogP contribution is 2.28. The predicted molar refractivity (Wildman–Crippen MR) is 117 cm³/mol. The second-order valence-corrected chi connectivity index (χ2v) is 8.76. The van der Waals surface area contributed by atoms with Gasteiger partial charge in [0.15, 0.2) is 0 Å². The van der Waals surface area contributed by atoms with Crippen molar-refractivity contribution in [1.82, 2.24) is 15.1 Å². The summed E-state index contributed by atoms with van der Waals surface area (Å²) in [6.07, 6.45) is 2.35. The molecule has 1 N–H and O–H groups in total. The Balaban J connectivity index is 1.51. The molecule has 1 aromatic heterocycles. The molecule has 2 aliphatic rings. The number of benzene rings is 1. The number of nitrogens with one attached hydrogen (secondary N) is 1. The van der Waals surface area contributed by atoms with Crippen molar-refractivity contribution in [1.29, 1.82) is 0 Å². The van der Waals surface area contributed by atoms with Crippen LogP contribution in [0.3, 0.4) is 0 Å². The van der Waals surface area contributed by atoms with E-state index in [9.17, 15) is 9.59 Å². The van der Waals surface area contributed by atoms with E-state index in [1.165, 1.54) is 4.88 Å². The number of likely N-dealkylation sites (tertiary alicyclic amines) is 1. The van der Waals surface area contributed by atoms with Gasteiger partial charge in [0.2, 0.25) is 11.8 Å². The molecule has 2 fully saturated rings. The largest absolute Gasteiger partial charge is 0.379 e. The second kappa shape index (κ2) is 10.2. The van der Waals surface area contributed by atoms with E-state index in [4.69, 9.17) is 4.74 Å². The molecule has 4 rings (SSSR count). The highest BCUT2D eigenvalue weighted by Gasteiger charge is 2.33. The van der Waals surface area contributed by atoms with Crippen LogP contribution in [0.5, 0.6) is 0 Å². The molecule has 0 spiro atoms. The van der Waals surface area contributed by atoms with Crippen LogP contribution in [0.25, 0.3) is 0 Å². The molecule has 160 valence electrons. The van der Waals surface area contributed by atoms with Crippen LogP contribution in [-0.4, -0.2) is 61.0 Å². The maximum Gasteiger partial charge on any atom is 0.247 e. The van der Waals surface area contributed by atoms with Crippen molar-refractivity contribution in [3.63, 3.8) is 0 Å². The van der Waals surface area contributed by atoms with Crippen LogP contribution in [0.4, 0.5) is 0 Å². The van der Waals surface area contributed by atoms with Crippen LogP contribution in [0.1, 0.15) is 41.8 Å². The van der Waals surface area contributed by atoms with E-state index in [-0.39, 0.29) is 17.9 Å². The number of rotatable bonds is 7. The third kappa shape index (κ3) is 4.91. The van der Waals surface area contributed by atoms with E-state index >= 15 is 0 Å². The minimum Gasteiger partial charge on any atom is -0.379 e. The molecule has 3 heterocycles.